The van der Waals surface area contributed by atoms with Crippen LogP contribution in [0.2, 0.25) is 0 Å². The molecule has 1 heterocycles. The highest BCUT2D eigenvalue weighted by atomic mass is 16.3. The SMILES string of the molecule is Nc1cc(CO)ncc1O. The van der Waals surface area contributed by atoms with Crippen molar-refractivity contribution < 1.29 is 10.2 Å². The Hall–Kier alpha value is -1.29. The van der Waals surface area contributed by atoms with E-state index in [1.807, 2.05) is 0 Å². The first kappa shape index (κ1) is 6.82. The van der Waals surface area contributed by atoms with Crippen molar-refractivity contribution in [3.63, 3.8) is 0 Å². The fourth-order valence-electron chi connectivity index (χ4n) is 0.596. The van der Waals surface area contributed by atoms with Gasteiger partial charge in [0.15, 0.2) is 5.75 Å². The van der Waals surface area contributed by atoms with Crippen molar-refractivity contribution in [2.75, 3.05) is 5.73 Å². The van der Waals surface area contributed by atoms with E-state index in [-0.39, 0.29) is 18.0 Å². The molecule has 0 amide bonds. The lowest BCUT2D eigenvalue weighted by molar-refractivity contribution is 0.276. The lowest BCUT2D eigenvalue weighted by atomic mass is 10.3. The molecule has 1 rings (SSSR count). The molecule has 0 atom stereocenters. The van der Waals surface area contributed by atoms with Crippen molar-refractivity contribution >= 4 is 5.69 Å². The van der Waals surface area contributed by atoms with Gasteiger partial charge in [0.25, 0.3) is 0 Å². The van der Waals surface area contributed by atoms with Crippen LogP contribution >= 0.6 is 0 Å². The molecule has 0 spiro atoms. The summed E-state index contributed by atoms with van der Waals surface area (Å²) in [6.45, 7) is -0.162. The summed E-state index contributed by atoms with van der Waals surface area (Å²) in [5, 5.41) is 17.4. The van der Waals surface area contributed by atoms with Gasteiger partial charge in [-0.3, -0.25) is 4.98 Å². The number of aromatic hydroxyl groups is 1. The Morgan fingerprint density at radius 1 is 1.60 bits per heavy atom. The van der Waals surface area contributed by atoms with Crippen LogP contribution in [0.4, 0.5) is 5.69 Å². The van der Waals surface area contributed by atoms with Gasteiger partial charge in [-0.2, -0.15) is 0 Å². The van der Waals surface area contributed by atoms with Crippen LogP contribution in [0, 0.1) is 0 Å². The zero-order valence-electron chi connectivity index (χ0n) is 5.28. The first-order valence-electron chi connectivity index (χ1n) is 2.78. The van der Waals surface area contributed by atoms with Gasteiger partial charge in [-0.05, 0) is 6.07 Å². The van der Waals surface area contributed by atoms with Gasteiger partial charge in [-0.15, -0.1) is 0 Å². The van der Waals surface area contributed by atoms with E-state index in [4.69, 9.17) is 15.9 Å². The number of nitrogen functional groups attached to an aromatic ring is 1. The summed E-state index contributed by atoms with van der Waals surface area (Å²) in [5.74, 6) is -0.0581. The zero-order chi connectivity index (χ0) is 7.56. The predicted molar refractivity (Wildman–Crippen MR) is 36.2 cm³/mol. The Morgan fingerprint density at radius 3 is 2.80 bits per heavy atom. The van der Waals surface area contributed by atoms with Gasteiger partial charge in [0.1, 0.15) is 0 Å². The van der Waals surface area contributed by atoms with Crippen molar-refractivity contribution in [3.8, 4) is 5.75 Å². The van der Waals surface area contributed by atoms with Crippen LogP contribution in [0.3, 0.4) is 0 Å². The number of aliphatic hydroxyl groups is 1. The van der Waals surface area contributed by atoms with E-state index in [2.05, 4.69) is 4.98 Å². The number of anilines is 1. The monoisotopic (exact) mass is 140 g/mol. The summed E-state index contributed by atoms with van der Waals surface area (Å²) >= 11 is 0. The van der Waals surface area contributed by atoms with Crippen molar-refractivity contribution in [2.24, 2.45) is 0 Å². The summed E-state index contributed by atoms with van der Waals surface area (Å²) in [6, 6.07) is 1.43. The van der Waals surface area contributed by atoms with Gasteiger partial charge in [0.2, 0.25) is 0 Å². The van der Waals surface area contributed by atoms with Crippen molar-refractivity contribution in [1.82, 2.24) is 4.98 Å². The van der Waals surface area contributed by atoms with Crippen molar-refractivity contribution in [2.45, 2.75) is 6.61 Å². The van der Waals surface area contributed by atoms with Crippen LogP contribution in [0.5, 0.6) is 5.75 Å². The van der Waals surface area contributed by atoms with Crippen LogP contribution in [0.1, 0.15) is 5.69 Å². The zero-order valence-corrected chi connectivity index (χ0v) is 5.28. The number of pyridine rings is 1. The Kier molecular flexibility index (Phi) is 1.73. The Balaban J connectivity index is 3.04. The second-order valence-electron chi connectivity index (χ2n) is 1.89. The molecule has 0 bridgehead atoms. The van der Waals surface area contributed by atoms with Crippen LogP contribution in [-0.4, -0.2) is 15.2 Å². The van der Waals surface area contributed by atoms with E-state index in [9.17, 15) is 0 Å². The molecule has 0 fully saturated rings. The summed E-state index contributed by atoms with van der Waals surface area (Å²) in [6.07, 6.45) is 1.21. The Labute approximate surface area is 57.9 Å². The molecule has 4 nitrogen and oxygen atoms in total. The summed E-state index contributed by atoms with van der Waals surface area (Å²) < 4.78 is 0. The van der Waals surface area contributed by atoms with Gasteiger partial charge in [-0.25, -0.2) is 0 Å². The molecular weight excluding hydrogens is 132 g/mol. The smallest absolute Gasteiger partial charge is 0.156 e. The highest BCUT2D eigenvalue weighted by Crippen LogP contribution is 2.17. The molecule has 0 saturated carbocycles. The Morgan fingerprint density at radius 2 is 2.30 bits per heavy atom. The molecule has 0 aromatic carbocycles. The van der Waals surface area contributed by atoms with Crippen LogP contribution in [0.25, 0.3) is 0 Å². The fourth-order valence-corrected chi connectivity index (χ4v) is 0.596. The normalized spacial score (nSPS) is 9.70. The molecule has 0 radical (unpaired) electrons. The van der Waals surface area contributed by atoms with Gasteiger partial charge in [0.05, 0.1) is 24.2 Å². The Bertz CT molecular complexity index is 237. The average Bonchev–Trinajstić information content (AvgIpc) is 1.95. The molecule has 54 valence electrons. The van der Waals surface area contributed by atoms with E-state index in [0.717, 1.165) is 0 Å². The molecule has 4 heteroatoms. The molecule has 0 aliphatic carbocycles. The first-order valence-corrected chi connectivity index (χ1v) is 2.78. The quantitative estimate of drug-likeness (QED) is 0.507. The first-order chi connectivity index (χ1) is 4.74. The number of nitrogens with zero attached hydrogens (tertiary/aromatic N) is 1. The molecular formula is C6H8N2O2. The minimum absolute atomic E-state index is 0.0581. The van der Waals surface area contributed by atoms with Crippen LogP contribution in [0.15, 0.2) is 12.3 Å². The van der Waals surface area contributed by atoms with Crippen molar-refractivity contribution in [3.05, 3.63) is 18.0 Å². The van der Waals surface area contributed by atoms with E-state index >= 15 is 0 Å². The highest BCUT2D eigenvalue weighted by molar-refractivity contribution is 5.50. The molecule has 10 heavy (non-hydrogen) atoms. The molecule has 0 saturated heterocycles. The van der Waals surface area contributed by atoms with E-state index < -0.39 is 0 Å². The minimum atomic E-state index is -0.162. The van der Waals surface area contributed by atoms with Gasteiger partial charge >= 0.3 is 0 Å². The van der Waals surface area contributed by atoms with Gasteiger partial charge in [-0.1, -0.05) is 0 Å². The van der Waals surface area contributed by atoms with E-state index in [1.54, 1.807) is 0 Å². The maximum absolute atomic E-state index is 8.87. The third-order valence-corrected chi connectivity index (χ3v) is 1.13. The summed E-state index contributed by atoms with van der Waals surface area (Å²) in [7, 11) is 0. The molecule has 0 aliphatic heterocycles. The number of rotatable bonds is 1. The van der Waals surface area contributed by atoms with Gasteiger partial charge in [0, 0.05) is 0 Å². The molecule has 1 aromatic rings. The molecule has 0 unspecified atom stereocenters. The molecule has 4 N–H and O–H groups in total. The predicted octanol–water partition coefficient (Wildman–Crippen LogP) is -0.138. The largest absolute Gasteiger partial charge is 0.504 e. The topological polar surface area (TPSA) is 79.4 Å². The summed E-state index contributed by atoms with van der Waals surface area (Å²) in [4.78, 5) is 3.68. The maximum atomic E-state index is 8.87. The average molecular weight is 140 g/mol. The minimum Gasteiger partial charge on any atom is -0.504 e. The number of hydrogen-bond donors (Lipinski definition) is 3. The third kappa shape index (κ3) is 1.16. The molecule has 1 aromatic heterocycles. The maximum Gasteiger partial charge on any atom is 0.156 e. The van der Waals surface area contributed by atoms with Crippen LogP contribution < -0.4 is 5.73 Å². The number of nitrogens with two attached hydrogens (primary N) is 1. The summed E-state index contributed by atoms with van der Waals surface area (Å²) in [5.41, 5.74) is 5.98. The standard InChI is InChI=1S/C6H8N2O2/c7-5-1-4(3-9)8-2-6(5)10/h1-2,9-10H,3H2,(H2,7,8). The number of aromatic nitrogens is 1. The highest BCUT2D eigenvalue weighted by Gasteiger charge is 1.97. The number of aliphatic hydroxyl groups excluding tert-OH is 1. The lowest BCUT2D eigenvalue weighted by Crippen LogP contribution is -1.92. The van der Waals surface area contributed by atoms with E-state index in [1.165, 1.54) is 12.3 Å². The van der Waals surface area contributed by atoms with E-state index in [0.29, 0.717) is 5.69 Å². The second kappa shape index (κ2) is 2.53. The lowest BCUT2D eigenvalue weighted by Gasteiger charge is -1.98. The fraction of sp³-hybridized carbons (Fsp3) is 0.167. The second-order valence-corrected chi connectivity index (χ2v) is 1.89. The van der Waals surface area contributed by atoms with Gasteiger partial charge < -0.3 is 15.9 Å². The van der Waals surface area contributed by atoms with Crippen LogP contribution in [-0.2, 0) is 6.61 Å². The number of hydrogen-bond acceptors (Lipinski definition) is 4. The molecule has 0 aliphatic rings. The third-order valence-electron chi connectivity index (χ3n) is 1.13. The van der Waals surface area contributed by atoms with Crippen molar-refractivity contribution in [1.29, 1.82) is 0 Å².